The Hall–Kier alpha value is -2.30. The third kappa shape index (κ3) is 2.27. The molecule has 1 N–H and O–H groups in total. The Balaban J connectivity index is 1.80. The second-order valence-corrected chi connectivity index (χ2v) is 4.79. The molecule has 1 aromatic heterocycles. The molecule has 1 aliphatic rings. The maximum absolute atomic E-state index is 12.5. The lowest BCUT2D eigenvalue weighted by Gasteiger charge is -2.26. The Morgan fingerprint density at radius 1 is 1.50 bits per heavy atom. The molecule has 5 nitrogen and oxygen atoms in total. The fraction of sp³-hybridized carbons (Fsp3) is 0.333. The molecule has 2 heterocycles. The van der Waals surface area contributed by atoms with Gasteiger partial charge in [-0.3, -0.25) is 4.79 Å². The van der Waals surface area contributed by atoms with Crippen molar-refractivity contribution in [3.63, 3.8) is 0 Å². The quantitative estimate of drug-likeness (QED) is 0.867. The fourth-order valence-electron chi connectivity index (χ4n) is 2.36. The van der Waals surface area contributed by atoms with E-state index in [-0.39, 0.29) is 5.78 Å². The third-order valence-electron chi connectivity index (χ3n) is 3.33. The zero-order valence-electron chi connectivity index (χ0n) is 11.4. The van der Waals surface area contributed by atoms with E-state index < -0.39 is 6.10 Å². The van der Waals surface area contributed by atoms with Crippen LogP contribution in [-0.4, -0.2) is 28.0 Å². The predicted molar refractivity (Wildman–Crippen MR) is 76.2 cm³/mol. The number of benzene rings is 1. The van der Waals surface area contributed by atoms with E-state index in [1.807, 2.05) is 35.0 Å². The largest absolute Gasteiger partial charge is 0.478 e. The van der Waals surface area contributed by atoms with E-state index in [1.165, 1.54) is 0 Å². The number of hydrogen-bond acceptors (Lipinski definition) is 4. The number of nitrogens with zero attached hydrogens (tertiary/aromatic N) is 2. The van der Waals surface area contributed by atoms with Gasteiger partial charge in [0.05, 0.1) is 12.2 Å². The maximum atomic E-state index is 12.5. The van der Waals surface area contributed by atoms with Crippen molar-refractivity contribution in [2.45, 2.75) is 26.0 Å². The van der Waals surface area contributed by atoms with Crippen LogP contribution in [0.5, 0.6) is 5.75 Å². The van der Waals surface area contributed by atoms with Crippen molar-refractivity contribution in [2.75, 3.05) is 11.9 Å². The van der Waals surface area contributed by atoms with Crippen LogP contribution in [0.3, 0.4) is 0 Å². The molecule has 0 amide bonds. The zero-order valence-corrected chi connectivity index (χ0v) is 11.4. The number of rotatable bonds is 4. The van der Waals surface area contributed by atoms with Gasteiger partial charge in [0.2, 0.25) is 5.78 Å². The van der Waals surface area contributed by atoms with Gasteiger partial charge >= 0.3 is 0 Å². The molecule has 0 bridgehead atoms. The SMILES string of the molecule is CCCn1ccnc1C(=O)C1CNc2ccccc2O1. The van der Waals surface area contributed by atoms with Gasteiger partial charge in [-0.25, -0.2) is 4.98 Å². The van der Waals surface area contributed by atoms with Crippen LogP contribution in [0.4, 0.5) is 5.69 Å². The lowest BCUT2D eigenvalue weighted by molar-refractivity contribution is 0.0785. The molecule has 0 spiro atoms. The number of para-hydroxylation sites is 2. The van der Waals surface area contributed by atoms with Crippen LogP contribution in [-0.2, 0) is 6.54 Å². The summed E-state index contributed by atoms with van der Waals surface area (Å²) in [5.41, 5.74) is 0.924. The van der Waals surface area contributed by atoms with E-state index in [9.17, 15) is 4.79 Å². The lowest BCUT2D eigenvalue weighted by atomic mass is 10.1. The van der Waals surface area contributed by atoms with Gasteiger partial charge in [-0.2, -0.15) is 0 Å². The Labute approximate surface area is 117 Å². The molecular formula is C15H17N3O2. The van der Waals surface area contributed by atoms with Crippen molar-refractivity contribution in [3.8, 4) is 5.75 Å². The number of hydrogen-bond donors (Lipinski definition) is 1. The smallest absolute Gasteiger partial charge is 0.240 e. The second-order valence-electron chi connectivity index (χ2n) is 4.79. The zero-order chi connectivity index (χ0) is 13.9. The summed E-state index contributed by atoms with van der Waals surface area (Å²) in [7, 11) is 0. The third-order valence-corrected chi connectivity index (χ3v) is 3.33. The highest BCUT2D eigenvalue weighted by atomic mass is 16.5. The van der Waals surface area contributed by atoms with Gasteiger partial charge < -0.3 is 14.6 Å². The molecule has 1 aromatic carbocycles. The summed E-state index contributed by atoms with van der Waals surface area (Å²) in [5, 5.41) is 3.22. The minimum atomic E-state index is -0.525. The first-order valence-electron chi connectivity index (χ1n) is 6.84. The lowest BCUT2D eigenvalue weighted by Crippen LogP contribution is -2.39. The fourth-order valence-corrected chi connectivity index (χ4v) is 2.36. The van der Waals surface area contributed by atoms with Gasteiger partial charge in [0.1, 0.15) is 5.75 Å². The van der Waals surface area contributed by atoms with Crippen LogP contribution in [0.1, 0.15) is 24.0 Å². The Kier molecular flexibility index (Phi) is 3.41. The summed E-state index contributed by atoms with van der Waals surface area (Å²) in [6, 6.07) is 7.63. The second kappa shape index (κ2) is 5.36. The Morgan fingerprint density at radius 3 is 3.20 bits per heavy atom. The molecule has 5 heteroatoms. The molecule has 1 unspecified atom stereocenters. The van der Waals surface area contributed by atoms with E-state index in [0.29, 0.717) is 18.1 Å². The van der Waals surface area contributed by atoms with Crippen LogP contribution in [0.2, 0.25) is 0 Å². The standard InChI is InChI=1S/C15H17N3O2/c1-2-8-18-9-7-16-15(18)14(19)13-10-17-11-5-3-4-6-12(11)20-13/h3-7,9,13,17H,2,8,10H2,1H3. The van der Waals surface area contributed by atoms with Crippen molar-refractivity contribution < 1.29 is 9.53 Å². The monoisotopic (exact) mass is 271 g/mol. The van der Waals surface area contributed by atoms with Crippen molar-refractivity contribution in [3.05, 3.63) is 42.5 Å². The first-order chi connectivity index (χ1) is 9.79. The van der Waals surface area contributed by atoms with Crippen molar-refractivity contribution in [1.29, 1.82) is 0 Å². The van der Waals surface area contributed by atoms with Crippen LogP contribution in [0, 0.1) is 0 Å². The molecule has 3 rings (SSSR count). The number of carbonyl (C=O) groups excluding carboxylic acids is 1. The number of imidazole rings is 1. The van der Waals surface area contributed by atoms with Crippen LogP contribution in [0.25, 0.3) is 0 Å². The summed E-state index contributed by atoms with van der Waals surface area (Å²) < 4.78 is 7.67. The van der Waals surface area contributed by atoms with Gasteiger partial charge in [0, 0.05) is 18.9 Å². The molecule has 0 saturated heterocycles. The van der Waals surface area contributed by atoms with Gasteiger partial charge in [-0.15, -0.1) is 0 Å². The molecular weight excluding hydrogens is 254 g/mol. The number of Topliss-reactive ketones (excluding diaryl/α,β-unsaturated/α-hetero) is 1. The summed E-state index contributed by atoms with van der Waals surface area (Å²) in [4.78, 5) is 16.7. The number of nitrogens with one attached hydrogen (secondary N) is 1. The summed E-state index contributed by atoms with van der Waals surface area (Å²) in [5.74, 6) is 1.11. The summed E-state index contributed by atoms with van der Waals surface area (Å²) in [6.45, 7) is 3.33. The molecule has 20 heavy (non-hydrogen) atoms. The molecule has 0 aliphatic carbocycles. The van der Waals surface area contributed by atoms with Crippen LogP contribution >= 0.6 is 0 Å². The number of fused-ring (bicyclic) bond motifs is 1. The van der Waals surface area contributed by atoms with E-state index >= 15 is 0 Å². The summed E-state index contributed by atoms with van der Waals surface area (Å²) >= 11 is 0. The number of anilines is 1. The number of aryl methyl sites for hydroxylation is 1. The topological polar surface area (TPSA) is 56.2 Å². The van der Waals surface area contributed by atoms with Crippen molar-refractivity contribution in [2.24, 2.45) is 0 Å². The molecule has 2 aromatic rings. The van der Waals surface area contributed by atoms with Crippen LogP contribution < -0.4 is 10.1 Å². The van der Waals surface area contributed by atoms with Gasteiger partial charge in [-0.1, -0.05) is 19.1 Å². The number of carbonyl (C=O) groups is 1. The molecule has 1 aliphatic heterocycles. The highest BCUT2D eigenvalue weighted by Gasteiger charge is 2.29. The normalized spacial score (nSPS) is 16.9. The average molecular weight is 271 g/mol. The van der Waals surface area contributed by atoms with Gasteiger partial charge in [-0.05, 0) is 18.6 Å². The molecule has 1 atom stereocenters. The molecule has 104 valence electrons. The van der Waals surface area contributed by atoms with E-state index in [0.717, 1.165) is 18.7 Å². The van der Waals surface area contributed by atoms with Crippen molar-refractivity contribution in [1.82, 2.24) is 9.55 Å². The number of ketones is 1. The van der Waals surface area contributed by atoms with E-state index in [4.69, 9.17) is 4.74 Å². The highest BCUT2D eigenvalue weighted by Crippen LogP contribution is 2.28. The highest BCUT2D eigenvalue weighted by molar-refractivity contribution is 5.97. The van der Waals surface area contributed by atoms with Gasteiger partial charge in [0.25, 0.3) is 0 Å². The first-order valence-corrected chi connectivity index (χ1v) is 6.84. The minimum Gasteiger partial charge on any atom is -0.478 e. The Bertz CT molecular complexity index is 621. The average Bonchev–Trinajstić information content (AvgIpc) is 2.94. The Morgan fingerprint density at radius 2 is 2.35 bits per heavy atom. The van der Waals surface area contributed by atoms with E-state index in [1.54, 1.807) is 6.20 Å². The predicted octanol–water partition coefficient (Wildman–Crippen LogP) is 2.35. The van der Waals surface area contributed by atoms with Gasteiger partial charge in [0.15, 0.2) is 11.9 Å². The van der Waals surface area contributed by atoms with Crippen molar-refractivity contribution >= 4 is 11.5 Å². The molecule has 0 radical (unpaired) electrons. The first kappa shape index (κ1) is 12.7. The maximum Gasteiger partial charge on any atom is 0.240 e. The summed E-state index contributed by atoms with van der Waals surface area (Å²) in [6.07, 6.45) is 3.93. The molecule has 0 saturated carbocycles. The van der Waals surface area contributed by atoms with Crippen LogP contribution in [0.15, 0.2) is 36.7 Å². The number of ether oxygens (including phenoxy) is 1. The van der Waals surface area contributed by atoms with E-state index in [2.05, 4.69) is 17.2 Å². The minimum absolute atomic E-state index is 0.0783. The number of aromatic nitrogens is 2. The molecule has 0 fully saturated rings.